The van der Waals surface area contributed by atoms with Crippen LogP contribution in [0.4, 0.5) is 0 Å². The zero-order chi connectivity index (χ0) is 24.1. The summed E-state index contributed by atoms with van der Waals surface area (Å²) < 4.78 is 0. The number of benzene rings is 2. The predicted octanol–water partition coefficient (Wildman–Crippen LogP) is 9.04. The van der Waals surface area contributed by atoms with E-state index in [1.54, 1.807) is 22.3 Å². The summed E-state index contributed by atoms with van der Waals surface area (Å²) in [5, 5.41) is 0. The molecule has 2 aromatic rings. The Kier molecular flexibility index (Phi) is 4.64. The Balaban J connectivity index is 1.75. The Morgan fingerprint density at radius 3 is 2.15 bits per heavy atom. The van der Waals surface area contributed by atoms with Crippen LogP contribution in [0.15, 0.2) is 53.6 Å². The molecule has 0 spiro atoms. The van der Waals surface area contributed by atoms with Gasteiger partial charge in [0, 0.05) is 11.3 Å². The summed E-state index contributed by atoms with van der Waals surface area (Å²) >= 11 is 0. The van der Waals surface area contributed by atoms with Gasteiger partial charge in [-0.05, 0) is 75.0 Å². The van der Waals surface area contributed by atoms with E-state index in [4.69, 9.17) is 0 Å². The number of hydrogen-bond acceptors (Lipinski definition) is 0. The van der Waals surface area contributed by atoms with Gasteiger partial charge in [0.25, 0.3) is 0 Å². The van der Waals surface area contributed by atoms with Gasteiger partial charge in [-0.15, -0.1) is 0 Å². The average Bonchev–Trinajstić information content (AvgIpc) is 3.30. The fraction of sp³-hybridized carbons (Fsp3) is 0.515. The molecule has 0 N–H and O–H groups in total. The van der Waals surface area contributed by atoms with Gasteiger partial charge in [-0.25, -0.2) is 0 Å². The largest absolute Gasteiger partial charge is 0.0735 e. The van der Waals surface area contributed by atoms with Crippen molar-refractivity contribution in [2.24, 2.45) is 11.3 Å². The second-order valence-corrected chi connectivity index (χ2v) is 14.0. The standard InChI is InChI=1S/C33H42/c1-20-15-27-28(16-20)33(10,19-32(27,8)9)29-25-18-21-17-22(30(2,3)4)11-12-23(21)24(25)13-14-26(29)31(5,6)7/h11-17,28H,18-19H2,1-10H3. The molecule has 33 heavy (non-hydrogen) atoms. The average molecular weight is 439 g/mol. The first-order valence-corrected chi connectivity index (χ1v) is 12.8. The Morgan fingerprint density at radius 1 is 0.848 bits per heavy atom. The molecule has 2 atom stereocenters. The van der Waals surface area contributed by atoms with Gasteiger partial charge >= 0.3 is 0 Å². The zero-order valence-electron chi connectivity index (χ0n) is 22.5. The van der Waals surface area contributed by atoms with Gasteiger partial charge in [-0.2, -0.15) is 0 Å². The normalized spacial score (nSPS) is 25.5. The third-order valence-electron chi connectivity index (χ3n) is 8.75. The summed E-state index contributed by atoms with van der Waals surface area (Å²) in [6.45, 7) is 24.0. The molecule has 3 aliphatic carbocycles. The van der Waals surface area contributed by atoms with Crippen LogP contribution < -0.4 is 0 Å². The van der Waals surface area contributed by atoms with Crippen molar-refractivity contribution < 1.29 is 0 Å². The molecule has 2 unspecified atom stereocenters. The molecule has 174 valence electrons. The number of allylic oxidation sites excluding steroid dienone is 4. The maximum absolute atomic E-state index is 2.57. The van der Waals surface area contributed by atoms with Crippen molar-refractivity contribution in [3.05, 3.63) is 81.4 Å². The van der Waals surface area contributed by atoms with Crippen LogP contribution in [0.1, 0.15) is 103 Å². The minimum atomic E-state index is 0.118. The van der Waals surface area contributed by atoms with Gasteiger partial charge in [0.05, 0.1) is 0 Å². The molecule has 0 nitrogen and oxygen atoms in total. The van der Waals surface area contributed by atoms with Crippen molar-refractivity contribution in [1.29, 1.82) is 0 Å². The molecule has 0 amide bonds. The third-order valence-corrected chi connectivity index (χ3v) is 8.75. The Bertz CT molecular complexity index is 1220. The first-order valence-electron chi connectivity index (χ1n) is 12.8. The van der Waals surface area contributed by atoms with Crippen LogP contribution in [0.25, 0.3) is 11.1 Å². The van der Waals surface area contributed by atoms with Crippen LogP contribution in [0.5, 0.6) is 0 Å². The van der Waals surface area contributed by atoms with E-state index in [1.807, 2.05) is 0 Å². The lowest BCUT2D eigenvalue weighted by atomic mass is 9.65. The monoisotopic (exact) mass is 438 g/mol. The molecule has 5 rings (SSSR count). The molecule has 3 aliphatic rings. The lowest BCUT2D eigenvalue weighted by molar-refractivity contribution is 0.350. The molecule has 0 heterocycles. The van der Waals surface area contributed by atoms with E-state index >= 15 is 0 Å². The summed E-state index contributed by atoms with van der Waals surface area (Å²) in [6.07, 6.45) is 7.33. The number of fused-ring (bicyclic) bond motifs is 4. The van der Waals surface area contributed by atoms with Crippen molar-refractivity contribution in [3.8, 4) is 11.1 Å². The molecule has 0 aromatic heterocycles. The highest BCUT2D eigenvalue weighted by atomic mass is 14.6. The van der Waals surface area contributed by atoms with Gasteiger partial charge in [0.2, 0.25) is 0 Å². The summed E-state index contributed by atoms with van der Waals surface area (Å²) in [5.74, 6) is 0.508. The van der Waals surface area contributed by atoms with E-state index in [0.717, 1.165) is 6.42 Å². The molecule has 0 bridgehead atoms. The van der Waals surface area contributed by atoms with Gasteiger partial charge < -0.3 is 0 Å². The Hall–Kier alpha value is -2.08. The highest BCUT2D eigenvalue weighted by molar-refractivity contribution is 5.80. The summed E-state index contributed by atoms with van der Waals surface area (Å²) in [6, 6.07) is 12.1. The van der Waals surface area contributed by atoms with Crippen LogP contribution >= 0.6 is 0 Å². The van der Waals surface area contributed by atoms with Crippen molar-refractivity contribution in [2.75, 3.05) is 0 Å². The van der Waals surface area contributed by atoms with Crippen LogP contribution in [-0.2, 0) is 22.7 Å². The zero-order valence-corrected chi connectivity index (χ0v) is 22.5. The van der Waals surface area contributed by atoms with E-state index in [9.17, 15) is 0 Å². The molecule has 1 saturated carbocycles. The molecule has 0 saturated heterocycles. The molecule has 0 aliphatic heterocycles. The maximum atomic E-state index is 2.57. The Morgan fingerprint density at radius 2 is 1.52 bits per heavy atom. The SMILES string of the molecule is CC1=CC2C(=C1)C(C)(C)CC2(C)c1c(C(C)(C)C)ccc2c1Cc1cc(C(C)(C)C)ccc1-2. The molecule has 0 heteroatoms. The summed E-state index contributed by atoms with van der Waals surface area (Å²) in [4.78, 5) is 0. The van der Waals surface area contributed by atoms with Crippen LogP contribution in [-0.4, -0.2) is 0 Å². The van der Waals surface area contributed by atoms with E-state index in [2.05, 4.69) is 112 Å². The molecule has 1 fully saturated rings. The second-order valence-electron chi connectivity index (χ2n) is 14.0. The fourth-order valence-electron chi connectivity index (χ4n) is 7.27. The van der Waals surface area contributed by atoms with Crippen molar-refractivity contribution in [1.82, 2.24) is 0 Å². The first-order chi connectivity index (χ1) is 15.1. The predicted molar refractivity (Wildman–Crippen MR) is 143 cm³/mol. The summed E-state index contributed by atoms with van der Waals surface area (Å²) in [5.41, 5.74) is 14.4. The van der Waals surface area contributed by atoms with E-state index in [1.165, 1.54) is 34.2 Å². The van der Waals surface area contributed by atoms with E-state index < -0.39 is 0 Å². The quantitative estimate of drug-likeness (QED) is 0.355. The third kappa shape index (κ3) is 3.31. The van der Waals surface area contributed by atoms with E-state index in [0.29, 0.717) is 5.92 Å². The summed E-state index contributed by atoms with van der Waals surface area (Å²) in [7, 11) is 0. The van der Waals surface area contributed by atoms with Crippen molar-refractivity contribution >= 4 is 0 Å². The minimum absolute atomic E-state index is 0.118. The molecular formula is C33H42. The Labute approximate surface area is 202 Å². The number of hydrogen-bond donors (Lipinski definition) is 0. The lowest BCUT2D eigenvalue weighted by Gasteiger charge is -2.38. The highest BCUT2D eigenvalue weighted by Crippen LogP contribution is 2.63. The van der Waals surface area contributed by atoms with E-state index in [-0.39, 0.29) is 21.7 Å². The van der Waals surface area contributed by atoms with Gasteiger partial charge in [-0.1, -0.05) is 116 Å². The highest BCUT2D eigenvalue weighted by Gasteiger charge is 2.54. The van der Waals surface area contributed by atoms with Gasteiger partial charge in [0.15, 0.2) is 0 Å². The van der Waals surface area contributed by atoms with Crippen LogP contribution in [0.3, 0.4) is 0 Å². The smallest absolute Gasteiger partial charge is 0.00859 e. The topological polar surface area (TPSA) is 0 Å². The molecule has 0 radical (unpaired) electrons. The maximum Gasteiger partial charge on any atom is 0.00859 e. The number of rotatable bonds is 1. The van der Waals surface area contributed by atoms with Crippen molar-refractivity contribution in [3.63, 3.8) is 0 Å². The minimum Gasteiger partial charge on any atom is -0.0735 e. The van der Waals surface area contributed by atoms with Crippen molar-refractivity contribution in [2.45, 2.75) is 98.3 Å². The lowest BCUT2D eigenvalue weighted by Crippen LogP contribution is -2.32. The van der Waals surface area contributed by atoms with Gasteiger partial charge in [-0.3, -0.25) is 0 Å². The van der Waals surface area contributed by atoms with Gasteiger partial charge in [0.1, 0.15) is 0 Å². The molecule has 2 aromatic carbocycles. The van der Waals surface area contributed by atoms with Crippen LogP contribution in [0, 0.1) is 11.3 Å². The first kappa shape index (κ1) is 22.7. The molecular weight excluding hydrogens is 396 g/mol. The van der Waals surface area contributed by atoms with Crippen LogP contribution in [0.2, 0.25) is 0 Å². The fourth-order valence-corrected chi connectivity index (χ4v) is 7.27. The second kappa shape index (κ2) is 6.74.